The first kappa shape index (κ1) is 10.2. The number of aromatic nitrogens is 2. The molecule has 1 atom stereocenters. The predicted molar refractivity (Wildman–Crippen MR) is 60.0 cm³/mol. The summed E-state index contributed by atoms with van der Waals surface area (Å²) in [5, 5.41) is 0. The van der Waals surface area contributed by atoms with Crippen molar-refractivity contribution in [2.75, 3.05) is 18.0 Å². The third kappa shape index (κ3) is 2.03. The second-order valence-corrected chi connectivity index (χ2v) is 4.48. The predicted octanol–water partition coefficient (Wildman–Crippen LogP) is 1.25. The van der Waals surface area contributed by atoms with E-state index in [0.29, 0.717) is 17.7 Å². The minimum atomic E-state index is -0.0816. The number of hydrogen-bond acceptors (Lipinski definition) is 3. The number of aromatic amines is 1. The van der Waals surface area contributed by atoms with E-state index in [0.717, 1.165) is 19.5 Å². The Morgan fingerprint density at radius 2 is 2.40 bits per heavy atom. The molecule has 1 saturated heterocycles. The molecule has 1 aromatic rings. The van der Waals surface area contributed by atoms with Gasteiger partial charge in [-0.25, -0.2) is 4.98 Å². The molecule has 4 nitrogen and oxygen atoms in total. The highest BCUT2D eigenvalue weighted by Gasteiger charge is 2.26. The van der Waals surface area contributed by atoms with Crippen LogP contribution in [0.1, 0.15) is 20.3 Å². The second kappa shape index (κ2) is 4.04. The van der Waals surface area contributed by atoms with Crippen LogP contribution in [0.25, 0.3) is 0 Å². The minimum absolute atomic E-state index is 0.0816. The van der Waals surface area contributed by atoms with E-state index in [4.69, 9.17) is 0 Å². The van der Waals surface area contributed by atoms with E-state index >= 15 is 0 Å². The maximum atomic E-state index is 11.5. The molecule has 0 aromatic carbocycles. The fourth-order valence-electron chi connectivity index (χ4n) is 2.09. The van der Waals surface area contributed by atoms with Crippen molar-refractivity contribution >= 4 is 5.82 Å². The normalized spacial score (nSPS) is 21.3. The first-order chi connectivity index (χ1) is 7.18. The molecule has 2 rings (SSSR count). The van der Waals surface area contributed by atoms with Crippen molar-refractivity contribution in [1.82, 2.24) is 9.97 Å². The lowest BCUT2D eigenvalue weighted by Gasteiger charge is -2.17. The van der Waals surface area contributed by atoms with Crippen LogP contribution in [0, 0.1) is 11.8 Å². The van der Waals surface area contributed by atoms with Gasteiger partial charge >= 0.3 is 0 Å². The summed E-state index contributed by atoms with van der Waals surface area (Å²) in [7, 11) is 0. The van der Waals surface area contributed by atoms with Crippen molar-refractivity contribution in [3.63, 3.8) is 0 Å². The molecule has 1 aliphatic heterocycles. The molecule has 82 valence electrons. The van der Waals surface area contributed by atoms with Crippen LogP contribution < -0.4 is 10.5 Å². The minimum Gasteiger partial charge on any atom is -0.352 e. The van der Waals surface area contributed by atoms with Crippen LogP contribution in [0.3, 0.4) is 0 Å². The van der Waals surface area contributed by atoms with Crippen LogP contribution in [-0.2, 0) is 0 Å². The second-order valence-electron chi connectivity index (χ2n) is 4.48. The number of anilines is 1. The van der Waals surface area contributed by atoms with E-state index in [1.54, 1.807) is 12.4 Å². The average molecular weight is 207 g/mol. The summed E-state index contributed by atoms with van der Waals surface area (Å²) in [4.78, 5) is 20.4. The quantitative estimate of drug-likeness (QED) is 0.794. The fourth-order valence-corrected chi connectivity index (χ4v) is 2.09. The summed E-state index contributed by atoms with van der Waals surface area (Å²) in [6, 6.07) is 0. The topological polar surface area (TPSA) is 49.0 Å². The third-order valence-electron chi connectivity index (χ3n) is 3.16. The highest BCUT2D eigenvalue weighted by atomic mass is 16.1. The van der Waals surface area contributed by atoms with E-state index in [9.17, 15) is 4.79 Å². The maximum absolute atomic E-state index is 11.5. The summed E-state index contributed by atoms with van der Waals surface area (Å²) in [6.07, 6.45) is 4.37. The van der Waals surface area contributed by atoms with Gasteiger partial charge in [0.1, 0.15) is 0 Å². The van der Waals surface area contributed by atoms with Gasteiger partial charge in [0.25, 0.3) is 5.56 Å². The zero-order valence-electron chi connectivity index (χ0n) is 9.23. The monoisotopic (exact) mass is 207 g/mol. The third-order valence-corrected chi connectivity index (χ3v) is 3.16. The smallest absolute Gasteiger partial charge is 0.290 e. The van der Waals surface area contributed by atoms with Crippen LogP contribution in [0.4, 0.5) is 5.82 Å². The molecule has 0 saturated carbocycles. The van der Waals surface area contributed by atoms with Crippen molar-refractivity contribution in [3.8, 4) is 0 Å². The largest absolute Gasteiger partial charge is 0.352 e. The van der Waals surface area contributed by atoms with Crippen molar-refractivity contribution in [3.05, 3.63) is 22.7 Å². The zero-order chi connectivity index (χ0) is 10.8. The number of hydrogen-bond donors (Lipinski definition) is 1. The molecule has 0 aliphatic carbocycles. The molecule has 4 heteroatoms. The van der Waals surface area contributed by atoms with Gasteiger partial charge in [-0.15, -0.1) is 0 Å². The SMILES string of the molecule is CC(C)C1CCN(c2ncc[nH]c2=O)C1. The molecule has 2 heterocycles. The van der Waals surface area contributed by atoms with Crippen LogP contribution in [0.5, 0.6) is 0 Å². The highest BCUT2D eigenvalue weighted by molar-refractivity contribution is 5.36. The van der Waals surface area contributed by atoms with Gasteiger partial charge in [0.05, 0.1) is 0 Å². The number of rotatable bonds is 2. The Hall–Kier alpha value is -1.32. The molecule has 1 fully saturated rings. The first-order valence-corrected chi connectivity index (χ1v) is 5.47. The van der Waals surface area contributed by atoms with Gasteiger partial charge in [0, 0.05) is 25.5 Å². The van der Waals surface area contributed by atoms with Crippen LogP contribution in [-0.4, -0.2) is 23.1 Å². The van der Waals surface area contributed by atoms with Gasteiger partial charge < -0.3 is 9.88 Å². The molecule has 0 bridgehead atoms. The number of H-pyrrole nitrogens is 1. The van der Waals surface area contributed by atoms with Crippen LogP contribution in [0.2, 0.25) is 0 Å². The van der Waals surface area contributed by atoms with E-state index in [-0.39, 0.29) is 5.56 Å². The van der Waals surface area contributed by atoms with Crippen molar-refractivity contribution < 1.29 is 0 Å². The van der Waals surface area contributed by atoms with Gasteiger partial charge in [-0.1, -0.05) is 13.8 Å². The molecule has 1 unspecified atom stereocenters. The van der Waals surface area contributed by atoms with Gasteiger partial charge in [0.2, 0.25) is 0 Å². The molecule has 15 heavy (non-hydrogen) atoms. The molecular formula is C11H17N3O. The van der Waals surface area contributed by atoms with E-state index in [2.05, 4.69) is 28.7 Å². The summed E-state index contributed by atoms with van der Waals surface area (Å²) < 4.78 is 0. The lowest BCUT2D eigenvalue weighted by Crippen LogP contribution is -2.28. The molecule has 0 radical (unpaired) electrons. The van der Waals surface area contributed by atoms with Gasteiger partial charge in [-0.05, 0) is 18.3 Å². The summed E-state index contributed by atoms with van der Waals surface area (Å²) in [5.74, 6) is 1.94. The average Bonchev–Trinajstić information content (AvgIpc) is 2.67. The fraction of sp³-hybridized carbons (Fsp3) is 0.636. The van der Waals surface area contributed by atoms with Gasteiger partial charge in [0.15, 0.2) is 5.82 Å². The number of nitrogens with one attached hydrogen (secondary N) is 1. The Morgan fingerprint density at radius 1 is 1.60 bits per heavy atom. The van der Waals surface area contributed by atoms with Crippen molar-refractivity contribution in [2.45, 2.75) is 20.3 Å². The van der Waals surface area contributed by atoms with Gasteiger partial charge in [-0.2, -0.15) is 0 Å². The molecular weight excluding hydrogens is 190 g/mol. The summed E-state index contributed by atoms with van der Waals surface area (Å²) >= 11 is 0. The maximum Gasteiger partial charge on any atom is 0.290 e. The Labute approximate surface area is 89.3 Å². The summed E-state index contributed by atoms with van der Waals surface area (Å²) in [5.41, 5.74) is -0.0816. The number of nitrogens with zero attached hydrogens (tertiary/aromatic N) is 2. The Morgan fingerprint density at radius 3 is 3.00 bits per heavy atom. The standard InChI is InChI=1S/C11H17N3O/c1-8(2)9-3-6-14(7-9)10-11(15)13-5-4-12-10/h4-5,8-9H,3,6-7H2,1-2H3,(H,13,15). The molecule has 1 N–H and O–H groups in total. The molecule has 0 spiro atoms. The van der Waals surface area contributed by atoms with Crippen LogP contribution in [0.15, 0.2) is 17.2 Å². The zero-order valence-corrected chi connectivity index (χ0v) is 9.23. The molecule has 1 aliphatic rings. The Balaban J connectivity index is 2.15. The van der Waals surface area contributed by atoms with Crippen LogP contribution >= 0.6 is 0 Å². The first-order valence-electron chi connectivity index (χ1n) is 5.47. The van der Waals surface area contributed by atoms with Crippen molar-refractivity contribution in [1.29, 1.82) is 0 Å². The molecule has 1 aromatic heterocycles. The van der Waals surface area contributed by atoms with Crippen molar-refractivity contribution in [2.24, 2.45) is 11.8 Å². The molecule has 0 amide bonds. The highest BCUT2D eigenvalue weighted by Crippen LogP contribution is 2.25. The van der Waals surface area contributed by atoms with E-state index in [1.165, 1.54) is 0 Å². The summed E-state index contributed by atoms with van der Waals surface area (Å²) in [6.45, 7) is 6.37. The Kier molecular flexibility index (Phi) is 2.75. The van der Waals surface area contributed by atoms with E-state index in [1.807, 2.05) is 0 Å². The lowest BCUT2D eigenvalue weighted by molar-refractivity contribution is 0.422. The Bertz CT molecular complexity index is 385. The lowest BCUT2D eigenvalue weighted by atomic mass is 9.95. The van der Waals surface area contributed by atoms with E-state index < -0.39 is 0 Å². The van der Waals surface area contributed by atoms with Gasteiger partial charge in [-0.3, -0.25) is 4.79 Å².